The summed E-state index contributed by atoms with van der Waals surface area (Å²) in [6, 6.07) is 3.53. The van der Waals surface area contributed by atoms with Crippen LogP contribution in [-0.2, 0) is 16.0 Å². The molecular formula is C16H12ClF2NO5. The van der Waals surface area contributed by atoms with Gasteiger partial charge < -0.3 is 5.11 Å². The number of benzene rings is 1. The molecule has 0 saturated heterocycles. The Labute approximate surface area is 145 Å². The number of hydrogen-bond acceptors (Lipinski definition) is 4. The molecular weight excluding hydrogens is 360 g/mol. The highest BCUT2D eigenvalue weighted by molar-refractivity contribution is 6.30. The van der Waals surface area contributed by atoms with Crippen molar-refractivity contribution in [2.45, 2.75) is 13.3 Å². The summed E-state index contributed by atoms with van der Waals surface area (Å²) in [5.74, 6) is -6.09. The molecule has 0 bridgehead atoms. The molecule has 0 heterocycles. The Balaban J connectivity index is 2.48. The highest BCUT2D eigenvalue weighted by Crippen LogP contribution is 2.43. The maximum Gasteiger partial charge on any atom is 0.312 e. The summed E-state index contributed by atoms with van der Waals surface area (Å²) in [5, 5.41) is 20.4. The number of carbonyl (C=O) groups is 2. The molecule has 1 N–H and O–H groups in total. The molecule has 0 amide bonds. The molecule has 1 aromatic rings. The fourth-order valence-corrected chi connectivity index (χ4v) is 2.83. The van der Waals surface area contributed by atoms with Crippen LogP contribution < -0.4 is 0 Å². The Bertz CT molecular complexity index is 836. The van der Waals surface area contributed by atoms with Crippen molar-refractivity contribution < 1.29 is 28.4 Å². The first-order chi connectivity index (χ1) is 11.6. The SMILES string of the molecule is CC1(C(=O)Cc2ccc(Cl)c(F)c2)C([N+](=O)[O-])=CC(F)=CC1C(=O)O. The zero-order valence-electron chi connectivity index (χ0n) is 12.8. The Kier molecular flexibility index (Phi) is 5.03. The monoisotopic (exact) mass is 371 g/mol. The van der Waals surface area contributed by atoms with E-state index in [0.29, 0.717) is 12.2 Å². The van der Waals surface area contributed by atoms with E-state index in [2.05, 4.69) is 0 Å². The fraction of sp³-hybridized carbons (Fsp3) is 0.250. The third-order valence-corrected chi connectivity index (χ3v) is 4.45. The summed E-state index contributed by atoms with van der Waals surface area (Å²) >= 11 is 5.55. The van der Waals surface area contributed by atoms with Gasteiger partial charge in [0.2, 0.25) is 0 Å². The molecule has 1 aliphatic carbocycles. The normalized spacial score (nSPS) is 22.8. The molecule has 0 fully saturated rings. The van der Waals surface area contributed by atoms with Gasteiger partial charge in [0.15, 0.2) is 5.78 Å². The Hall–Kier alpha value is -2.61. The first-order valence-corrected chi connectivity index (χ1v) is 7.39. The molecule has 0 aliphatic heterocycles. The molecule has 2 unspecified atom stereocenters. The number of ketones is 1. The number of rotatable bonds is 5. The van der Waals surface area contributed by atoms with Crippen LogP contribution in [0.5, 0.6) is 0 Å². The van der Waals surface area contributed by atoms with Crippen molar-refractivity contribution in [3.05, 3.63) is 68.4 Å². The number of carboxylic acid groups (broad SMARTS) is 1. The number of nitrogens with zero attached hydrogens (tertiary/aromatic N) is 1. The topological polar surface area (TPSA) is 97.5 Å². The van der Waals surface area contributed by atoms with Crippen molar-refractivity contribution in [1.29, 1.82) is 0 Å². The lowest BCUT2D eigenvalue weighted by Gasteiger charge is -2.31. The molecule has 0 spiro atoms. The summed E-state index contributed by atoms with van der Waals surface area (Å²) in [5.41, 5.74) is -2.81. The molecule has 0 saturated carbocycles. The van der Waals surface area contributed by atoms with Gasteiger partial charge in [-0.1, -0.05) is 17.7 Å². The fourth-order valence-electron chi connectivity index (χ4n) is 2.71. The highest BCUT2D eigenvalue weighted by Gasteiger charge is 2.55. The molecule has 6 nitrogen and oxygen atoms in total. The van der Waals surface area contributed by atoms with Crippen LogP contribution in [0.1, 0.15) is 12.5 Å². The minimum absolute atomic E-state index is 0.162. The van der Waals surface area contributed by atoms with Crippen LogP contribution >= 0.6 is 11.6 Å². The van der Waals surface area contributed by atoms with E-state index in [-0.39, 0.29) is 10.6 Å². The van der Waals surface area contributed by atoms with Crippen LogP contribution in [0.4, 0.5) is 8.78 Å². The molecule has 25 heavy (non-hydrogen) atoms. The molecule has 0 aromatic heterocycles. The second-order valence-electron chi connectivity index (χ2n) is 5.70. The van der Waals surface area contributed by atoms with Crippen molar-refractivity contribution in [3.63, 3.8) is 0 Å². The first-order valence-electron chi connectivity index (χ1n) is 7.01. The van der Waals surface area contributed by atoms with E-state index in [1.54, 1.807) is 0 Å². The summed E-state index contributed by atoms with van der Waals surface area (Å²) in [4.78, 5) is 34.4. The lowest BCUT2D eigenvalue weighted by Crippen LogP contribution is -2.45. The molecule has 132 valence electrons. The summed E-state index contributed by atoms with van der Waals surface area (Å²) in [6.07, 6.45) is 0.699. The van der Waals surface area contributed by atoms with E-state index in [0.717, 1.165) is 13.0 Å². The number of carbonyl (C=O) groups excluding carboxylic acids is 1. The van der Waals surface area contributed by atoms with Crippen molar-refractivity contribution in [2.75, 3.05) is 0 Å². The maximum atomic E-state index is 13.6. The smallest absolute Gasteiger partial charge is 0.312 e. The predicted octanol–water partition coefficient (Wildman–Crippen LogP) is 3.33. The maximum absolute atomic E-state index is 13.6. The van der Waals surface area contributed by atoms with Gasteiger partial charge in [-0.05, 0) is 30.7 Å². The number of halogens is 3. The first kappa shape index (κ1) is 18.7. The van der Waals surface area contributed by atoms with Gasteiger partial charge in [0.25, 0.3) is 5.70 Å². The lowest BCUT2D eigenvalue weighted by atomic mass is 9.67. The van der Waals surface area contributed by atoms with E-state index in [1.807, 2.05) is 0 Å². The van der Waals surface area contributed by atoms with Crippen LogP contribution in [0.3, 0.4) is 0 Å². The molecule has 2 atom stereocenters. The van der Waals surface area contributed by atoms with Crippen LogP contribution in [0.2, 0.25) is 5.02 Å². The quantitative estimate of drug-likeness (QED) is 0.632. The van der Waals surface area contributed by atoms with Crippen molar-refractivity contribution in [1.82, 2.24) is 0 Å². The molecule has 1 aliphatic rings. The Morgan fingerprint density at radius 1 is 1.40 bits per heavy atom. The zero-order valence-corrected chi connectivity index (χ0v) is 13.6. The second-order valence-corrected chi connectivity index (χ2v) is 6.11. The van der Waals surface area contributed by atoms with Gasteiger partial charge >= 0.3 is 5.97 Å². The number of allylic oxidation sites excluding steroid dienone is 3. The van der Waals surface area contributed by atoms with E-state index < -0.39 is 51.8 Å². The van der Waals surface area contributed by atoms with Crippen molar-refractivity contribution in [2.24, 2.45) is 11.3 Å². The predicted molar refractivity (Wildman–Crippen MR) is 83.6 cm³/mol. The Morgan fingerprint density at radius 3 is 2.56 bits per heavy atom. The average Bonchev–Trinajstić information content (AvgIpc) is 2.52. The van der Waals surface area contributed by atoms with E-state index in [9.17, 15) is 33.6 Å². The third-order valence-electron chi connectivity index (χ3n) is 4.15. The van der Waals surface area contributed by atoms with Crippen molar-refractivity contribution >= 4 is 23.4 Å². The van der Waals surface area contributed by atoms with Crippen LogP contribution in [0.25, 0.3) is 0 Å². The van der Waals surface area contributed by atoms with Gasteiger partial charge in [-0.25, -0.2) is 8.78 Å². The Morgan fingerprint density at radius 2 is 2.04 bits per heavy atom. The lowest BCUT2D eigenvalue weighted by molar-refractivity contribution is -0.439. The molecule has 2 rings (SSSR count). The average molecular weight is 372 g/mol. The minimum atomic E-state index is -2.11. The number of nitro groups is 1. The minimum Gasteiger partial charge on any atom is -0.481 e. The molecule has 9 heteroatoms. The van der Waals surface area contributed by atoms with E-state index in [4.69, 9.17) is 11.6 Å². The van der Waals surface area contributed by atoms with Crippen LogP contribution in [0, 0.1) is 27.3 Å². The van der Waals surface area contributed by atoms with Crippen LogP contribution in [-0.4, -0.2) is 21.8 Å². The van der Waals surface area contributed by atoms with Gasteiger partial charge in [-0.2, -0.15) is 0 Å². The summed E-state index contributed by atoms with van der Waals surface area (Å²) in [7, 11) is 0. The summed E-state index contributed by atoms with van der Waals surface area (Å²) < 4.78 is 27.1. The number of Topliss-reactive ketones (excluding diaryl/α,β-unsaturated/α-hetero) is 1. The molecule has 0 radical (unpaired) electrons. The third kappa shape index (κ3) is 3.43. The standard InChI is InChI=1S/C16H12ClF2NO5/c1-16(14(21)5-8-2-3-11(17)12(19)4-8)10(15(22)23)6-9(18)7-13(16)20(24)25/h2-4,6-7,10H,5H2,1H3,(H,22,23). The number of aliphatic carboxylic acids is 1. The van der Waals surface area contributed by atoms with E-state index >= 15 is 0 Å². The van der Waals surface area contributed by atoms with Gasteiger partial charge in [-0.3, -0.25) is 19.7 Å². The second kappa shape index (κ2) is 6.72. The van der Waals surface area contributed by atoms with Crippen LogP contribution in [0.15, 0.2) is 41.9 Å². The highest BCUT2D eigenvalue weighted by atomic mass is 35.5. The van der Waals surface area contributed by atoms with E-state index in [1.165, 1.54) is 12.1 Å². The number of hydrogen-bond donors (Lipinski definition) is 1. The summed E-state index contributed by atoms with van der Waals surface area (Å²) in [6.45, 7) is 1.07. The van der Waals surface area contributed by atoms with Gasteiger partial charge in [0.05, 0.1) is 9.95 Å². The molecule has 1 aromatic carbocycles. The van der Waals surface area contributed by atoms with Gasteiger partial charge in [-0.15, -0.1) is 0 Å². The van der Waals surface area contributed by atoms with Gasteiger partial charge in [0, 0.05) is 12.5 Å². The largest absolute Gasteiger partial charge is 0.481 e. The zero-order chi connectivity index (χ0) is 18.9. The number of carboxylic acids is 1. The van der Waals surface area contributed by atoms with Crippen molar-refractivity contribution in [3.8, 4) is 0 Å². The van der Waals surface area contributed by atoms with Gasteiger partial charge in [0.1, 0.15) is 23.0 Å².